The molecule has 0 unspecified atom stereocenters. The highest BCUT2D eigenvalue weighted by Crippen LogP contribution is 2.36. The molecule has 5 nitrogen and oxygen atoms in total. The van der Waals surface area contributed by atoms with Gasteiger partial charge in [0.05, 0.1) is 16.1 Å². The number of nitrogens with zero attached hydrogens (tertiary/aromatic N) is 1. The van der Waals surface area contributed by atoms with Crippen LogP contribution in [0.3, 0.4) is 0 Å². The minimum absolute atomic E-state index is 0.0329. The van der Waals surface area contributed by atoms with Crippen LogP contribution < -0.4 is 14.8 Å². The van der Waals surface area contributed by atoms with E-state index in [9.17, 15) is 10.1 Å². The third-order valence-electron chi connectivity index (χ3n) is 4.34. The Morgan fingerprint density at radius 1 is 1.09 bits per heavy atom. The molecule has 0 spiro atoms. The summed E-state index contributed by atoms with van der Waals surface area (Å²) in [5, 5.41) is 12.9. The van der Waals surface area contributed by atoms with Gasteiger partial charge in [0.1, 0.15) is 29.7 Å². The van der Waals surface area contributed by atoms with Crippen molar-refractivity contribution in [2.24, 2.45) is 0 Å². The number of nitrogens with one attached hydrogen (secondary N) is 1. The summed E-state index contributed by atoms with van der Waals surface area (Å²) in [6.45, 7) is 0.358. The molecular formula is C24H17Br2ClN2O3. The largest absolute Gasteiger partial charge is 0.497 e. The van der Waals surface area contributed by atoms with Crippen molar-refractivity contribution in [3.8, 4) is 17.6 Å². The molecule has 1 amide bonds. The molecule has 0 radical (unpaired) electrons. The molecule has 3 aromatic carbocycles. The summed E-state index contributed by atoms with van der Waals surface area (Å²) in [5.41, 5.74) is 2.16. The first-order chi connectivity index (χ1) is 15.4. The molecular weight excluding hydrogens is 560 g/mol. The van der Waals surface area contributed by atoms with E-state index in [2.05, 4.69) is 37.2 Å². The van der Waals surface area contributed by atoms with Gasteiger partial charge >= 0.3 is 0 Å². The van der Waals surface area contributed by atoms with Crippen LogP contribution in [0.5, 0.6) is 11.5 Å². The third-order valence-corrected chi connectivity index (χ3v) is 5.77. The van der Waals surface area contributed by atoms with Crippen molar-refractivity contribution in [1.82, 2.24) is 0 Å². The number of hydrogen-bond donors (Lipinski definition) is 1. The standard InChI is InChI=1S/C24H17Br2ClN2O3/c1-31-20-8-6-19(7-9-20)29-24(30)17(13-28)10-16-11-21(25)23(22(26)12-16)32-14-15-2-4-18(27)5-3-15/h2-12H,14H2,1H3,(H,29,30)/b17-10-. The predicted molar refractivity (Wildman–Crippen MR) is 133 cm³/mol. The van der Waals surface area contributed by atoms with Crippen LogP contribution in [-0.4, -0.2) is 13.0 Å². The topological polar surface area (TPSA) is 71.3 Å². The van der Waals surface area contributed by atoms with Crippen LogP contribution in [0.15, 0.2) is 75.2 Å². The van der Waals surface area contributed by atoms with Crippen molar-refractivity contribution in [2.75, 3.05) is 12.4 Å². The second kappa shape index (κ2) is 11.2. The zero-order chi connectivity index (χ0) is 23.1. The van der Waals surface area contributed by atoms with E-state index >= 15 is 0 Å². The van der Waals surface area contributed by atoms with Gasteiger partial charge in [0.25, 0.3) is 5.91 Å². The zero-order valence-corrected chi connectivity index (χ0v) is 20.8. The van der Waals surface area contributed by atoms with Crippen LogP contribution in [0.25, 0.3) is 6.08 Å². The van der Waals surface area contributed by atoms with Gasteiger partial charge in [-0.1, -0.05) is 23.7 Å². The molecule has 0 saturated carbocycles. The number of halogens is 3. The van der Waals surface area contributed by atoms with Gasteiger partial charge in [-0.3, -0.25) is 4.79 Å². The number of methoxy groups -OCH3 is 1. The Kier molecular flexibility index (Phi) is 8.34. The van der Waals surface area contributed by atoms with Gasteiger partial charge in [0.15, 0.2) is 0 Å². The van der Waals surface area contributed by atoms with Crippen molar-refractivity contribution in [3.63, 3.8) is 0 Å². The lowest BCUT2D eigenvalue weighted by molar-refractivity contribution is -0.112. The second-order valence-electron chi connectivity index (χ2n) is 6.58. The number of amides is 1. The van der Waals surface area contributed by atoms with Crippen molar-refractivity contribution in [2.45, 2.75) is 6.61 Å². The molecule has 0 aliphatic rings. The minimum atomic E-state index is -0.507. The quantitative estimate of drug-likeness (QED) is 0.243. The summed E-state index contributed by atoms with van der Waals surface area (Å²) in [6, 6.07) is 19.7. The maximum atomic E-state index is 12.5. The Bertz CT molecular complexity index is 1160. The Morgan fingerprint density at radius 2 is 1.72 bits per heavy atom. The highest BCUT2D eigenvalue weighted by atomic mass is 79.9. The van der Waals surface area contributed by atoms with E-state index in [0.29, 0.717) is 43.3 Å². The number of carbonyl (C=O) groups is 1. The summed E-state index contributed by atoms with van der Waals surface area (Å²) < 4.78 is 12.4. The maximum absolute atomic E-state index is 12.5. The molecule has 0 heterocycles. The first-order valence-corrected chi connectivity index (χ1v) is 11.3. The van der Waals surface area contributed by atoms with E-state index in [-0.39, 0.29) is 5.57 Å². The number of rotatable bonds is 7. The van der Waals surface area contributed by atoms with Gasteiger partial charge in [-0.2, -0.15) is 5.26 Å². The molecule has 162 valence electrons. The molecule has 8 heteroatoms. The number of anilines is 1. The van der Waals surface area contributed by atoms with Crippen molar-refractivity contribution < 1.29 is 14.3 Å². The van der Waals surface area contributed by atoms with Gasteiger partial charge in [-0.15, -0.1) is 0 Å². The van der Waals surface area contributed by atoms with E-state index < -0.39 is 5.91 Å². The monoisotopic (exact) mass is 574 g/mol. The molecule has 32 heavy (non-hydrogen) atoms. The summed E-state index contributed by atoms with van der Waals surface area (Å²) >= 11 is 12.9. The fourth-order valence-electron chi connectivity index (χ4n) is 2.72. The molecule has 0 bridgehead atoms. The average Bonchev–Trinajstić information content (AvgIpc) is 2.78. The molecule has 1 N–H and O–H groups in total. The molecule has 0 aliphatic carbocycles. The highest BCUT2D eigenvalue weighted by Gasteiger charge is 2.13. The first-order valence-electron chi connectivity index (χ1n) is 9.33. The summed E-state index contributed by atoms with van der Waals surface area (Å²) in [5.74, 6) is 0.776. The van der Waals surface area contributed by atoms with Gasteiger partial charge in [0, 0.05) is 10.7 Å². The number of nitriles is 1. The zero-order valence-electron chi connectivity index (χ0n) is 16.9. The van der Waals surface area contributed by atoms with Crippen molar-refractivity contribution >= 4 is 61.1 Å². The number of carbonyl (C=O) groups excluding carboxylic acids is 1. The van der Waals surface area contributed by atoms with E-state index in [1.54, 1.807) is 55.6 Å². The maximum Gasteiger partial charge on any atom is 0.266 e. The summed E-state index contributed by atoms with van der Waals surface area (Å²) in [7, 11) is 1.56. The first kappa shape index (κ1) is 23.9. The van der Waals surface area contributed by atoms with Gasteiger partial charge in [0.2, 0.25) is 0 Å². The van der Waals surface area contributed by atoms with Gasteiger partial charge in [-0.25, -0.2) is 0 Å². The Hall–Kier alpha value is -2.79. The fraction of sp³-hybridized carbons (Fsp3) is 0.0833. The molecule has 0 atom stereocenters. The number of benzene rings is 3. The van der Waals surface area contributed by atoms with Crippen LogP contribution in [0.2, 0.25) is 5.02 Å². The van der Waals surface area contributed by atoms with E-state index in [1.165, 1.54) is 6.08 Å². The van der Waals surface area contributed by atoms with Crippen LogP contribution in [-0.2, 0) is 11.4 Å². The molecule has 0 aliphatic heterocycles. The normalized spacial score (nSPS) is 10.9. The molecule has 0 saturated heterocycles. The summed E-state index contributed by atoms with van der Waals surface area (Å²) in [6.07, 6.45) is 1.51. The fourth-order valence-corrected chi connectivity index (χ4v) is 4.30. The van der Waals surface area contributed by atoms with Gasteiger partial charge in [-0.05, 0) is 97.6 Å². The Balaban J connectivity index is 1.74. The number of hydrogen-bond acceptors (Lipinski definition) is 4. The lowest BCUT2D eigenvalue weighted by Gasteiger charge is -2.12. The predicted octanol–water partition coefficient (Wildman–Crippen LogP) is 7.00. The molecule has 3 aromatic rings. The van der Waals surface area contributed by atoms with E-state index in [0.717, 1.165) is 5.56 Å². The number of ether oxygens (including phenoxy) is 2. The highest BCUT2D eigenvalue weighted by molar-refractivity contribution is 9.11. The summed E-state index contributed by atoms with van der Waals surface area (Å²) in [4.78, 5) is 12.5. The van der Waals surface area contributed by atoms with Crippen molar-refractivity contribution in [1.29, 1.82) is 5.26 Å². The molecule has 0 aromatic heterocycles. The third kappa shape index (κ3) is 6.36. The van der Waals surface area contributed by atoms with Crippen LogP contribution in [0.4, 0.5) is 5.69 Å². The SMILES string of the molecule is COc1ccc(NC(=O)/C(C#N)=C\c2cc(Br)c(OCc3ccc(Cl)cc3)c(Br)c2)cc1. The Morgan fingerprint density at radius 3 is 2.28 bits per heavy atom. The lowest BCUT2D eigenvalue weighted by atomic mass is 10.1. The Labute approximate surface area is 207 Å². The lowest BCUT2D eigenvalue weighted by Crippen LogP contribution is -2.13. The van der Waals surface area contributed by atoms with Crippen molar-refractivity contribution in [3.05, 3.63) is 91.3 Å². The second-order valence-corrected chi connectivity index (χ2v) is 8.73. The van der Waals surface area contributed by atoms with Gasteiger partial charge < -0.3 is 14.8 Å². The van der Waals surface area contributed by atoms with Crippen LogP contribution >= 0.6 is 43.5 Å². The molecule has 0 fully saturated rings. The minimum Gasteiger partial charge on any atom is -0.497 e. The molecule has 3 rings (SSSR count). The average molecular weight is 577 g/mol. The van der Waals surface area contributed by atoms with Crippen LogP contribution in [0, 0.1) is 11.3 Å². The smallest absolute Gasteiger partial charge is 0.266 e. The van der Waals surface area contributed by atoms with E-state index in [4.69, 9.17) is 21.1 Å². The van der Waals surface area contributed by atoms with E-state index in [1.807, 2.05) is 18.2 Å². The van der Waals surface area contributed by atoms with Crippen LogP contribution in [0.1, 0.15) is 11.1 Å².